The molecule has 7 nitrogen and oxygen atoms in total. The van der Waals surface area contributed by atoms with Crippen molar-refractivity contribution in [2.45, 2.75) is 6.92 Å². The molecule has 0 radical (unpaired) electrons. The lowest BCUT2D eigenvalue weighted by molar-refractivity contribution is 0.0879. The molecule has 4 rings (SSSR count). The number of Topliss-reactive ketones (excluding diaryl/α,β-unsaturated/α-hetero) is 1. The molecule has 1 aliphatic heterocycles. The Labute approximate surface area is 159 Å². The molecule has 0 atom stereocenters. The Bertz CT molecular complexity index is 1220. The third-order valence-electron chi connectivity index (χ3n) is 4.68. The van der Waals surface area contributed by atoms with Crippen molar-refractivity contribution in [2.24, 2.45) is 0 Å². The molecule has 1 aromatic heterocycles. The van der Waals surface area contributed by atoms with Crippen molar-refractivity contribution in [3.63, 3.8) is 0 Å². The number of hydrogen-bond acceptors (Lipinski definition) is 5. The standard InChI is InChI=1S/C21H15N3O4/c1-11(25)13-3-2-4-14(9-13)12-5-7-15(8-6-12)24-17(26)10-16-18(19(24)22)21(28)23-20(16)27/h2-10H,22H2,1H3,(H,23,27,28). The lowest BCUT2D eigenvalue weighted by Gasteiger charge is -2.12. The number of fused-ring (bicyclic) bond motifs is 1. The number of nitrogens with two attached hydrogens (primary N) is 1. The van der Waals surface area contributed by atoms with E-state index in [1.54, 1.807) is 42.5 Å². The molecule has 0 aliphatic carbocycles. The van der Waals surface area contributed by atoms with Crippen molar-refractivity contribution in [1.82, 2.24) is 9.88 Å². The first-order valence-electron chi connectivity index (χ1n) is 8.50. The third-order valence-corrected chi connectivity index (χ3v) is 4.68. The number of nitrogens with zero attached hydrogens (tertiary/aromatic N) is 1. The molecule has 0 saturated heterocycles. The van der Waals surface area contributed by atoms with Gasteiger partial charge in [0.05, 0.1) is 16.8 Å². The molecule has 28 heavy (non-hydrogen) atoms. The minimum absolute atomic E-state index is 0.00263. The van der Waals surface area contributed by atoms with Crippen molar-refractivity contribution < 1.29 is 14.4 Å². The van der Waals surface area contributed by atoms with Gasteiger partial charge in [-0.05, 0) is 36.2 Å². The van der Waals surface area contributed by atoms with Crippen LogP contribution in [0.5, 0.6) is 0 Å². The Balaban J connectivity index is 1.79. The van der Waals surface area contributed by atoms with Crippen LogP contribution in [0.1, 0.15) is 38.0 Å². The monoisotopic (exact) mass is 373 g/mol. The minimum Gasteiger partial charge on any atom is -0.384 e. The van der Waals surface area contributed by atoms with Gasteiger partial charge in [0.15, 0.2) is 5.78 Å². The number of ketones is 1. The van der Waals surface area contributed by atoms with Gasteiger partial charge in [0.1, 0.15) is 5.82 Å². The van der Waals surface area contributed by atoms with Crippen molar-refractivity contribution in [3.8, 4) is 16.8 Å². The fourth-order valence-corrected chi connectivity index (χ4v) is 3.27. The van der Waals surface area contributed by atoms with Crippen molar-refractivity contribution in [1.29, 1.82) is 0 Å². The number of pyridine rings is 1. The van der Waals surface area contributed by atoms with Crippen molar-refractivity contribution in [3.05, 3.63) is 81.6 Å². The van der Waals surface area contributed by atoms with E-state index in [9.17, 15) is 19.2 Å². The van der Waals surface area contributed by atoms with Gasteiger partial charge in [0, 0.05) is 11.6 Å². The average Bonchev–Trinajstić information content (AvgIpc) is 2.96. The molecule has 138 valence electrons. The van der Waals surface area contributed by atoms with E-state index < -0.39 is 17.4 Å². The summed E-state index contributed by atoms with van der Waals surface area (Å²) in [4.78, 5) is 47.8. The number of aromatic nitrogens is 1. The van der Waals surface area contributed by atoms with Crippen LogP contribution in [-0.2, 0) is 0 Å². The normalized spacial score (nSPS) is 12.6. The second-order valence-corrected chi connectivity index (χ2v) is 6.46. The molecule has 0 bridgehead atoms. The fourth-order valence-electron chi connectivity index (χ4n) is 3.27. The van der Waals surface area contributed by atoms with E-state index in [0.717, 1.165) is 17.2 Å². The molecule has 2 heterocycles. The van der Waals surface area contributed by atoms with E-state index in [2.05, 4.69) is 5.32 Å². The number of carbonyl (C=O) groups is 3. The van der Waals surface area contributed by atoms with E-state index in [-0.39, 0.29) is 22.7 Å². The predicted molar refractivity (Wildman–Crippen MR) is 104 cm³/mol. The van der Waals surface area contributed by atoms with Gasteiger partial charge in [-0.2, -0.15) is 0 Å². The highest BCUT2D eigenvalue weighted by atomic mass is 16.2. The number of hydrogen-bond donors (Lipinski definition) is 2. The number of nitrogens with one attached hydrogen (secondary N) is 1. The minimum atomic E-state index is -0.628. The maximum atomic E-state index is 12.5. The van der Waals surface area contributed by atoms with Crippen LogP contribution in [0.25, 0.3) is 16.8 Å². The van der Waals surface area contributed by atoms with Crippen LogP contribution in [0, 0.1) is 0 Å². The molecule has 2 amide bonds. The second-order valence-electron chi connectivity index (χ2n) is 6.46. The first-order valence-corrected chi connectivity index (χ1v) is 8.50. The maximum absolute atomic E-state index is 12.5. The summed E-state index contributed by atoms with van der Waals surface area (Å²) in [6.07, 6.45) is 0. The van der Waals surface area contributed by atoms with Gasteiger partial charge < -0.3 is 5.73 Å². The molecular formula is C21H15N3O4. The van der Waals surface area contributed by atoms with Crippen molar-refractivity contribution in [2.75, 3.05) is 5.73 Å². The zero-order valence-corrected chi connectivity index (χ0v) is 14.9. The van der Waals surface area contributed by atoms with E-state index in [1.165, 1.54) is 11.5 Å². The molecule has 0 spiro atoms. The van der Waals surface area contributed by atoms with Gasteiger partial charge in [-0.1, -0.05) is 30.3 Å². The maximum Gasteiger partial charge on any atom is 0.262 e. The summed E-state index contributed by atoms with van der Waals surface area (Å²) in [7, 11) is 0. The van der Waals surface area contributed by atoms with Gasteiger partial charge in [-0.25, -0.2) is 0 Å². The molecule has 3 N–H and O–H groups in total. The molecule has 0 unspecified atom stereocenters. The fraction of sp³-hybridized carbons (Fsp3) is 0.0476. The zero-order valence-electron chi connectivity index (χ0n) is 14.9. The second kappa shape index (κ2) is 6.31. The lowest BCUT2D eigenvalue weighted by atomic mass is 10.0. The lowest BCUT2D eigenvalue weighted by Crippen LogP contribution is -2.24. The first kappa shape index (κ1) is 17.4. The van der Waals surface area contributed by atoms with Crippen LogP contribution in [-0.4, -0.2) is 22.2 Å². The number of imide groups is 1. The van der Waals surface area contributed by atoms with Gasteiger partial charge in [0.2, 0.25) is 0 Å². The molecule has 3 aromatic rings. The van der Waals surface area contributed by atoms with Gasteiger partial charge in [0.25, 0.3) is 17.4 Å². The Morgan fingerprint density at radius 2 is 1.64 bits per heavy atom. The summed E-state index contributed by atoms with van der Waals surface area (Å²) in [5.74, 6) is -1.36. The largest absolute Gasteiger partial charge is 0.384 e. The number of amides is 2. The average molecular weight is 373 g/mol. The molecule has 0 fully saturated rings. The quantitative estimate of drug-likeness (QED) is 0.540. The molecule has 0 saturated carbocycles. The SMILES string of the molecule is CC(=O)c1cccc(-c2ccc(-n3c(N)c4c(cc3=O)C(=O)NC4=O)cc2)c1. The summed E-state index contributed by atoms with van der Waals surface area (Å²) in [5.41, 5.74) is 8.30. The topological polar surface area (TPSA) is 111 Å². The van der Waals surface area contributed by atoms with Crippen LogP contribution < -0.4 is 16.6 Å². The highest BCUT2D eigenvalue weighted by Crippen LogP contribution is 2.25. The van der Waals surface area contributed by atoms with E-state index in [0.29, 0.717) is 11.3 Å². The molecule has 1 aliphatic rings. The number of anilines is 1. The van der Waals surface area contributed by atoms with Crippen LogP contribution >= 0.6 is 0 Å². The summed E-state index contributed by atoms with van der Waals surface area (Å²) in [6, 6.07) is 15.3. The van der Waals surface area contributed by atoms with Crippen LogP contribution in [0.4, 0.5) is 5.82 Å². The van der Waals surface area contributed by atoms with E-state index in [4.69, 9.17) is 5.73 Å². The summed E-state index contributed by atoms with van der Waals surface area (Å²) < 4.78 is 1.19. The van der Waals surface area contributed by atoms with E-state index >= 15 is 0 Å². The Morgan fingerprint density at radius 3 is 2.32 bits per heavy atom. The molecular weight excluding hydrogens is 358 g/mol. The summed E-state index contributed by atoms with van der Waals surface area (Å²) >= 11 is 0. The third kappa shape index (κ3) is 2.69. The zero-order chi connectivity index (χ0) is 20.0. The molecule has 7 heteroatoms. The Hall–Kier alpha value is -4.00. The van der Waals surface area contributed by atoms with Crippen LogP contribution in [0.3, 0.4) is 0 Å². The van der Waals surface area contributed by atoms with Gasteiger partial charge in [-0.3, -0.25) is 29.1 Å². The highest BCUT2D eigenvalue weighted by Gasteiger charge is 2.31. The summed E-state index contributed by atoms with van der Waals surface area (Å²) in [6.45, 7) is 1.51. The van der Waals surface area contributed by atoms with Crippen molar-refractivity contribution >= 4 is 23.4 Å². The predicted octanol–water partition coefficient (Wildman–Crippen LogP) is 2.17. The smallest absolute Gasteiger partial charge is 0.262 e. The first-order chi connectivity index (χ1) is 13.4. The van der Waals surface area contributed by atoms with Crippen LogP contribution in [0.2, 0.25) is 0 Å². The number of rotatable bonds is 3. The number of benzene rings is 2. The van der Waals surface area contributed by atoms with Gasteiger partial charge in [-0.15, -0.1) is 0 Å². The Morgan fingerprint density at radius 1 is 0.929 bits per heavy atom. The summed E-state index contributed by atoms with van der Waals surface area (Å²) in [5, 5.41) is 2.14. The highest BCUT2D eigenvalue weighted by molar-refractivity contribution is 6.23. The van der Waals surface area contributed by atoms with Gasteiger partial charge >= 0.3 is 0 Å². The van der Waals surface area contributed by atoms with Crippen LogP contribution in [0.15, 0.2) is 59.4 Å². The number of nitrogen functional groups attached to an aromatic ring is 1. The molecule has 2 aromatic carbocycles. The van der Waals surface area contributed by atoms with E-state index in [1.807, 2.05) is 6.07 Å². The number of carbonyl (C=O) groups excluding carboxylic acids is 3. The Kier molecular flexibility index (Phi) is 3.93.